The Hall–Kier alpha value is -2.44. The molecule has 164 valence electrons. The number of anilines is 1. The number of nitrogens with one attached hydrogen (secondary N) is 1. The molecule has 1 aromatic carbocycles. The molecule has 4 rings (SSSR count). The monoisotopic (exact) mass is 441 g/mol. The topological polar surface area (TPSA) is 71.5 Å². The third kappa shape index (κ3) is 5.43. The van der Waals surface area contributed by atoms with E-state index in [0.29, 0.717) is 23.2 Å². The summed E-state index contributed by atoms with van der Waals surface area (Å²) < 4.78 is 5.43. The molecule has 0 bridgehead atoms. The Balaban J connectivity index is 1.45. The number of pyridine rings is 1. The van der Waals surface area contributed by atoms with Gasteiger partial charge in [0.1, 0.15) is 5.78 Å². The molecule has 2 aromatic rings. The number of hydrogen-bond acceptors (Lipinski definition) is 5. The fraction of sp³-hybridized carbons (Fsp3) is 0.458. The van der Waals surface area contributed by atoms with Gasteiger partial charge in [-0.15, -0.1) is 0 Å². The van der Waals surface area contributed by atoms with Crippen molar-refractivity contribution < 1.29 is 14.3 Å². The van der Waals surface area contributed by atoms with E-state index in [0.717, 1.165) is 49.4 Å². The van der Waals surface area contributed by atoms with E-state index in [-0.39, 0.29) is 30.4 Å². The number of rotatable bonds is 7. The van der Waals surface area contributed by atoms with Gasteiger partial charge in [0.05, 0.1) is 5.02 Å². The van der Waals surface area contributed by atoms with Crippen LogP contribution in [-0.2, 0) is 20.7 Å². The van der Waals surface area contributed by atoms with E-state index in [2.05, 4.69) is 22.4 Å². The van der Waals surface area contributed by atoms with E-state index >= 15 is 0 Å². The summed E-state index contributed by atoms with van der Waals surface area (Å²) in [7, 11) is 1.73. The van der Waals surface area contributed by atoms with Crippen molar-refractivity contribution in [1.82, 2.24) is 9.88 Å². The quantitative estimate of drug-likeness (QED) is 0.707. The smallest absolute Gasteiger partial charge is 0.223 e. The second-order valence-corrected chi connectivity index (χ2v) is 8.90. The summed E-state index contributed by atoms with van der Waals surface area (Å²) in [5.41, 5.74) is 3.55. The minimum Gasteiger partial charge on any atom is -0.385 e. The zero-order valence-corrected chi connectivity index (χ0v) is 18.5. The highest BCUT2D eigenvalue weighted by molar-refractivity contribution is 6.33. The summed E-state index contributed by atoms with van der Waals surface area (Å²) in [6.45, 7) is 3.09. The molecule has 0 radical (unpaired) electrons. The highest BCUT2D eigenvalue weighted by Crippen LogP contribution is 2.30. The third-order valence-corrected chi connectivity index (χ3v) is 6.47. The molecule has 0 unspecified atom stereocenters. The van der Waals surface area contributed by atoms with Gasteiger partial charge in [-0.3, -0.25) is 14.6 Å². The van der Waals surface area contributed by atoms with Gasteiger partial charge in [-0.05, 0) is 42.5 Å². The maximum Gasteiger partial charge on any atom is 0.223 e. The number of carbonyl (C=O) groups is 2. The maximum absolute atomic E-state index is 12.7. The van der Waals surface area contributed by atoms with Crippen LogP contribution in [0.2, 0.25) is 5.02 Å². The lowest BCUT2D eigenvalue weighted by molar-refractivity contribution is -0.127. The highest BCUT2D eigenvalue weighted by Gasteiger charge is 2.32. The predicted molar refractivity (Wildman–Crippen MR) is 121 cm³/mol. The fourth-order valence-corrected chi connectivity index (χ4v) is 4.42. The molecule has 31 heavy (non-hydrogen) atoms. The number of nitrogens with zero attached hydrogens (tertiary/aromatic N) is 2. The fourth-order valence-electron chi connectivity index (χ4n) is 4.21. The first-order chi connectivity index (χ1) is 15.0. The van der Waals surface area contributed by atoms with E-state index in [1.165, 1.54) is 0 Å². The summed E-state index contributed by atoms with van der Waals surface area (Å²) in [5, 5.41) is 4.08. The summed E-state index contributed by atoms with van der Waals surface area (Å²) in [4.78, 5) is 30.4. The lowest BCUT2D eigenvalue weighted by Crippen LogP contribution is -2.22. The first-order valence-electron chi connectivity index (χ1n) is 10.8. The molecule has 3 heterocycles. The molecular formula is C24H28ClN3O3. The Morgan fingerprint density at radius 2 is 2.10 bits per heavy atom. The van der Waals surface area contributed by atoms with E-state index in [9.17, 15) is 9.59 Å². The number of ketones is 1. The summed E-state index contributed by atoms with van der Waals surface area (Å²) in [6, 6.07) is 10.0. The Labute approximate surface area is 187 Å². The second kappa shape index (κ2) is 9.79. The molecular weight excluding hydrogens is 414 g/mol. The molecule has 0 saturated carbocycles. The molecule has 2 fully saturated rings. The van der Waals surface area contributed by atoms with Crippen LogP contribution in [0.1, 0.15) is 25.0 Å². The van der Waals surface area contributed by atoms with Crippen LogP contribution >= 0.6 is 11.6 Å². The number of benzene rings is 1. The second-order valence-electron chi connectivity index (χ2n) is 8.49. The highest BCUT2D eigenvalue weighted by atomic mass is 35.5. The molecule has 2 saturated heterocycles. The van der Waals surface area contributed by atoms with Crippen LogP contribution in [0.4, 0.5) is 5.69 Å². The van der Waals surface area contributed by atoms with Crippen molar-refractivity contribution in [2.75, 3.05) is 38.7 Å². The van der Waals surface area contributed by atoms with Gasteiger partial charge in [0.25, 0.3) is 0 Å². The Morgan fingerprint density at radius 3 is 2.84 bits per heavy atom. The number of amides is 1. The van der Waals surface area contributed by atoms with Gasteiger partial charge < -0.3 is 15.0 Å². The van der Waals surface area contributed by atoms with Crippen LogP contribution < -0.4 is 5.32 Å². The van der Waals surface area contributed by atoms with Gasteiger partial charge in [-0.1, -0.05) is 23.7 Å². The van der Waals surface area contributed by atoms with E-state index in [1.54, 1.807) is 18.1 Å². The number of aromatic nitrogens is 1. The average molecular weight is 442 g/mol. The Kier molecular flexibility index (Phi) is 6.88. The number of hydrogen-bond donors (Lipinski definition) is 1. The molecule has 2 aliphatic rings. The van der Waals surface area contributed by atoms with Crippen LogP contribution in [0.5, 0.6) is 0 Å². The van der Waals surface area contributed by atoms with Crippen molar-refractivity contribution in [3.8, 4) is 11.1 Å². The van der Waals surface area contributed by atoms with Gasteiger partial charge in [0.15, 0.2) is 0 Å². The van der Waals surface area contributed by atoms with Crippen molar-refractivity contribution >= 4 is 29.0 Å². The number of carbonyl (C=O) groups excluding carboxylic acids is 2. The van der Waals surface area contributed by atoms with Crippen molar-refractivity contribution in [2.24, 2.45) is 11.8 Å². The summed E-state index contributed by atoms with van der Waals surface area (Å²) in [6.07, 6.45) is 4.27. The summed E-state index contributed by atoms with van der Waals surface area (Å²) in [5.74, 6) is 0.440. The number of ether oxygens (including phenoxy) is 1. The van der Waals surface area contributed by atoms with Gasteiger partial charge in [-0.25, -0.2) is 0 Å². The van der Waals surface area contributed by atoms with Crippen molar-refractivity contribution in [2.45, 2.75) is 25.7 Å². The Morgan fingerprint density at radius 1 is 1.29 bits per heavy atom. The molecule has 0 spiro atoms. The van der Waals surface area contributed by atoms with Crippen molar-refractivity contribution in [1.29, 1.82) is 0 Å². The molecule has 6 nitrogen and oxygen atoms in total. The van der Waals surface area contributed by atoms with E-state index in [4.69, 9.17) is 16.3 Å². The predicted octanol–water partition coefficient (Wildman–Crippen LogP) is 3.83. The molecule has 1 amide bonds. The van der Waals surface area contributed by atoms with E-state index in [1.807, 2.05) is 18.2 Å². The maximum atomic E-state index is 12.7. The SMILES string of the molecule is CN1C[C@H](C(=O)Cc2cc(-c3cccc(NCC4CCOCC4)c3)c(Cl)cn2)CC1=O. The zero-order chi connectivity index (χ0) is 21.8. The van der Waals surface area contributed by atoms with Gasteiger partial charge in [0.2, 0.25) is 5.91 Å². The molecule has 7 heteroatoms. The average Bonchev–Trinajstić information content (AvgIpc) is 3.13. The standard InChI is InChI=1S/C24H28ClN3O3/c1-28-15-18(10-24(28)30)23(29)12-20-11-21(22(25)14-27-20)17-3-2-4-19(9-17)26-13-16-5-7-31-8-6-16/h2-4,9,11,14,16,18,26H,5-8,10,12-13,15H2,1H3/t18-/m1/s1. The first-order valence-corrected chi connectivity index (χ1v) is 11.2. The van der Waals surface area contributed by atoms with Crippen LogP contribution in [-0.4, -0.2) is 54.9 Å². The lowest BCUT2D eigenvalue weighted by atomic mass is 9.97. The summed E-state index contributed by atoms with van der Waals surface area (Å²) >= 11 is 6.45. The molecule has 2 aliphatic heterocycles. The molecule has 1 N–H and O–H groups in total. The zero-order valence-electron chi connectivity index (χ0n) is 17.8. The normalized spacial score (nSPS) is 19.6. The largest absolute Gasteiger partial charge is 0.385 e. The van der Waals surface area contributed by atoms with Crippen molar-refractivity contribution in [3.05, 3.63) is 47.2 Å². The van der Waals surface area contributed by atoms with Crippen molar-refractivity contribution in [3.63, 3.8) is 0 Å². The number of Topliss-reactive ketones (excluding diaryl/α,β-unsaturated/α-hetero) is 1. The van der Waals surface area contributed by atoms with Crippen LogP contribution in [0.25, 0.3) is 11.1 Å². The minimum atomic E-state index is -0.254. The lowest BCUT2D eigenvalue weighted by Gasteiger charge is -2.22. The molecule has 1 aromatic heterocycles. The van der Waals surface area contributed by atoms with Crippen LogP contribution in [0.15, 0.2) is 36.5 Å². The van der Waals surface area contributed by atoms with Crippen LogP contribution in [0.3, 0.4) is 0 Å². The van der Waals surface area contributed by atoms with Gasteiger partial charge in [-0.2, -0.15) is 0 Å². The number of halogens is 1. The van der Waals surface area contributed by atoms with Crippen LogP contribution in [0, 0.1) is 11.8 Å². The third-order valence-electron chi connectivity index (χ3n) is 6.17. The Bertz CT molecular complexity index is 959. The van der Waals surface area contributed by atoms with Gasteiger partial charge in [0, 0.05) is 75.3 Å². The molecule has 1 atom stereocenters. The minimum absolute atomic E-state index is 0.0215. The van der Waals surface area contributed by atoms with E-state index < -0.39 is 0 Å². The van der Waals surface area contributed by atoms with Gasteiger partial charge >= 0.3 is 0 Å². The number of likely N-dealkylation sites (tertiary alicyclic amines) is 1. The first kappa shape index (κ1) is 21.8. The molecule has 0 aliphatic carbocycles.